The van der Waals surface area contributed by atoms with Crippen molar-refractivity contribution >= 4 is 5.91 Å². The van der Waals surface area contributed by atoms with Crippen molar-refractivity contribution in [3.05, 3.63) is 60.8 Å². The van der Waals surface area contributed by atoms with Crippen molar-refractivity contribution in [1.29, 1.82) is 0 Å². The van der Waals surface area contributed by atoms with Gasteiger partial charge in [0.15, 0.2) is 0 Å². The molecule has 0 aromatic rings. The minimum absolute atomic E-state index is 0.389. The van der Waals surface area contributed by atoms with Crippen molar-refractivity contribution in [1.82, 2.24) is 5.32 Å². The maximum absolute atomic E-state index is 12.4. The Morgan fingerprint density at radius 2 is 0.880 bits per heavy atom. The van der Waals surface area contributed by atoms with Gasteiger partial charge in [0.2, 0.25) is 5.91 Å². The van der Waals surface area contributed by atoms with E-state index < -0.39 is 24.2 Å². The molecule has 0 fully saturated rings. The van der Waals surface area contributed by atoms with E-state index in [9.17, 15) is 20.1 Å². The lowest BCUT2D eigenvalue weighted by atomic mass is 10.0. The number of hydrogen-bond donors (Lipinski definition) is 4. The van der Waals surface area contributed by atoms with Crippen LogP contribution in [0.3, 0.4) is 0 Å². The SMILES string of the molecule is CCCCC/C=C\C=C/CCCCCCCC(O)C(=O)NC(CO)C(O)/C=C/CC/C=C/CC/C=C/CCCCCCCCCCCCCC. The molecule has 4 N–H and O–H groups in total. The first kappa shape index (κ1) is 48.0. The van der Waals surface area contributed by atoms with E-state index in [4.69, 9.17) is 0 Å². The highest BCUT2D eigenvalue weighted by molar-refractivity contribution is 5.80. The number of unbranched alkanes of at least 4 members (excludes halogenated alkanes) is 22. The third-order valence-electron chi connectivity index (χ3n) is 9.34. The molecular formula is C45H81NO4. The molecule has 5 heteroatoms. The summed E-state index contributed by atoms with van der Waals surface area (Å²) in [6.45, 7) is 4.12. The molecule has 1 amide bonds. The van der Waals surface area contributed by atoms with Crippen LogP contribution in [-0.2, 0) is 4.79 Å². The topological polar surface area (TPSA) is 89.8 Å². The Morgan fingerprint density at radius 1 is 0.500 bits per heavy atom. The molecule has 0 heterocycles. The lowest BCUT2D eigenvalue weighted by Gasteiger charge is -2.21. The predicted octanol–water partition coefficient (Wildman–Crippen LogP) is 11.9. The van der Waals surface area contributed by atoms with Crippen molar-refractivity contribution in [3.63, 3.8) is 0 Å². The van der Waals surface area contributed by atoms with Crippen LogP contribution in [0.15, 0.2) is 60.8 Å². The molecule has 0 saturated heterocycles. The summed E-state index contributed by atoms with van der Waals surface area (Å²) in [4.78, 5) is 12.4. The number of amides is 1. The van der Waals surface area contributed by atoms with Gasteiger partial charge in [-0.2, -0.15) is 0 Å². The number of hydrogen-bond acceptors (Lipinski definition) is 4. The van der Waals surface area contributed by atoms with Crippen LogP contribution >= 0.6 is 0 Å². The van der Waals surface area contributed by atoms with E-state index in [1.807, 2.05) is 6.08 Å². The highest BCUT2D eigenvalue weighted by atomic mass is 16.3. The Kier molecular flexibility index (Phi) is 38.3. The van der Waals surface area contributed by atoms with Gasteiger partial charge in [-0.3, -0.25) is 4.79 Å². The summed E-state index contributed by atoms with van der Waals surface area (Å²) in [6.07, 6.45) is 52.5. The fourth-order valence-corrected chi connectivity index (χ4v) is 5.97. The maximum atomic E-state index is 12.4. The number of carbonyl (C=O) groups excluding carboxylic acids is 1. The van der Waals surface area contributed by atoms with Gasteiger partial charge in [0, 0.05) is 0 Å². The van der Waals surface area contributed by atoms with Crippen molar-refractivity contribution in [2.75, 3.05) is 6.61 Å². The van der Waals surface area contributed by atoms with Crippen LogP contribution in [0.5, 0.6) is 0 Å². The van der Waals surface area contributed by atoms with Crippen LogP contribution < -0.4 is 5.32 Å². The van der Waals surface area contributed by atoms with Crippen LogP contribution in [0.4, 0.5) is 0 Å². The highest BCUT2D eigenvalue weighted by Crippen LogP contribution is 2.13. The van der Waals surface area contributed by atoms with Gasteiger partial charge in [-0.25, -0.2) is 0 Å². The summed E-state index contributed by atoms with van der Waals surface area (Å²) >= 11 is 0. The smallest absolute Gasteiger partial charge is 0.249 e. The molecule has 290 valence electrons. The Hall–Kier alpha value is -1.95. The van der Waals surface area contributed by atoms with Crippen molar-refractivity contribution in [2.24, 2.45) is 0 Å². The monoisotopic (exact) mass is 700 g/mol. The molecule has 0 aliphatic carbocycles. The summed E-state index contributed by atoms with van der Waals surface area (Å²) in [7, 11) is 0. The average Bonchev–Trinajstić information content (AvgIpc) is 3.12. The zero-order valence-corrected chi connectivity index (χ0v) is 32.8. The van der Waals surface area contributed by atoms with E-state index in [1.165, 1.54) is 103 Å². The van der Waals surface area contributed by atoms with E-state index in [2.05, 4.69) is 67.8 Å². The summed E-state index contributed by atoms with van der Waals surface area (Å²) < 4.78 is 0. The second kappa shape index (κ2) is 39.8. The largest absolute Gasteiger partial charge is 0.394 e. The molecule has 0 bridgehead atoms. The van der Waals surface area contributed by atoms with Crippen LogP contribution in [-0.4, -0.2) is 46.1 Å². The van der Waals surface area contributed by atoms with Crippen molar-refractivity contribution in [3.8, 4) is 0 Å². The highest BCUT2D eigenvalue weighted by Gasteiger charge is 2.22. The minimum Gasteiger partial charge on any atom is -0.394 e. The van der Waals surface area contributed by atoms with Gasteiger partial charge in [-0.05, 0) is 70.6 Å². The zero-order chi connectivity index (χ0) is 36.6. The number of aliphatic hydroxyl groups excluding tert-OH is 3. The Labute approximate surface area is 309 Å². The molecule has 50 heavy (non-hydrogen) atoms. The molecule has 3 atom stereocenters. The van der Waals surface area contributed by atoms with Gasteiger partial charge in [0.1, 0.15) is 6.10 Å². The van der Waals surface area contributed by atoms with Gasteiger partial charge in [0.25, 0.3) is 0 Å². The molecule has 0 saturated carbocycles. The molecule has 0 radical (unpaired) electrons. The Bertz CT molecular complexity index is 861. The second-order valence-electron chi connectivity index (χ2n) is 14.2. The lowest BCUT2D eigenvalue weighted by Crippen LogP contribution is -2.48. The molecular weight excluding hydrogens is 618 g/mol. The van der Waals surface area contributed by atoms with Gasteiger partial charge < -0.3 is 20.6 Å². The van der Waals surface area contributed by atoms with Gasteiger partial charge in [-0.1, -0.05) is 184 Å². The lowest BCUT2D eigenvalue weighted by molar-refractivity contribution is -0.131. The van der Waals surface area contributed by atoms with Gasteiger partial charge >= 0.3 is 0 Å². The normalized spacial score (nSPS) is 14.3. The first-order valence-corrected chi connectivity index (χ1v) is 21.1. The number of rotatable bonds is 37. The molecule has 0 aliphatic rings. The summed E-state index contributed by atoms with van der Waals surface area (Å²) in [5.74, 6) is -0.532. The fourth-order valence-electron chi connectivity index (χ4n) is 5.97. The number of aliphatic hydroxyl groups is 3. The fraction of sp³-hybridized carbons (Fsp3) is 0.756. The maximum Gasteiger partial charge on any atom is 0.249 e. The van der Waals surface area contributed by atoms with Crippen LogP contribution in [0.2, 0.25) is 0 Å². The summed E-state index contributed by atoms with van der Waals surface area (Å²) in [5.41, 5.74) is 0. The van der Waals surface area contributed by atoms with Gasteiger partial charge in [-0.15, -0.1) is 0 Å². The van der Waals surface area contributed by atoms with E-state index in [0.717, 1.165) is 70.6 Å². The third kappa shape index (κ3) is 34.5. The van der Waals surface area contributed by atoms with Crippen LogP contribution in [0.1, 0.15) is 194 Å². The van der Waals surface area contributed by atoms with Crippen molar-refractivity contribution in [2.45, 2.75) is 212 Å². The minimum atomic E-state index is -1.12. The predicted molar refractivity (Wildman–Crippen MR) is 217 cm³/mol. The van der Waals surface area contributed by atoms with Gasteiger partial charge in [0.05, 0.1) is 18.8 Å². The molecule has 5 nitrogen and oxygen atoms in total. The van der Waals surface area contributed by atoms with Crippen LogP contribution in [0, 0.1) is 0 Å². The van der Waals surface area contributed by atoms with E-state index in [0.29, 0.717) is 6.42 Å². The second-order valence-corrected chi connectivity index (χ2v) is 14.2. The number of allylic oxidation sites excluding steroid dienone is 9. The first-order valence-electron chi connectivity index (χ1n) is 21.1. The Balaban J connectivity index is 3.80. The molecule has 0 aliphatic heterocycles. The van der Waals surface area contributed by atoms with E-state index in [-0.39, 0.29) is 6.61 Å². The first-order chi connectivity index (χ1) is 24.6. The zero-order valence-electron chi connectivity index (χ0n) is 32.8. The molecule has 0 spiro atoms. The quantitative estimate of drug-likeness (QED) is 0.0295. The third-order valence-corrected chi connectivity index (χ3v) is 9.34. The number of nitrogens with one attached hydrogen (secondary N) is 1. The summed E-state index contributed by atoms with van der Waals surface area (Å²) in [6, 6.07) is -0.829. The van der Waals surface area contributed by atoms with E-state index in [1.54, 1.807) is 6.08 Å². The standard InChI is InChI=1S/C45H81NO4/c1-3-5-7-9-11-13-15-17-19-20-21-22-23-24-25-26-28-29-31-33-35-37-39-43(48)42(41-47)46-45(50)44(49)40-38-36-34-32-30-27-18-16-14-12-10-8-6-4-2/h12,14,16,18,24-25,29,31,37,39,42-44,47-49H,3-11,13,15,17,19-23,26-28,30,32-36,38,40-41H2,1-2H3,(H,46,50)/b14-12-,18-16-,25-24+,31-29+,39-37+. The molecule has 0 aromatic heterocycles. The van der Waals surface area contributed by atoms with Crippen molar-refractivity contribution < 1.29 is 20.1 Å². The Morgan fingerprint density at radius 3 is 1.38 bits per heavy atom. The van der Waals surface area contributed by atoms with Crippen LogP contribution in [0.25, 0.3) is 0 Å². The molecule has 3 unspecified atom stereocenters. The summed E-state index contributed by atoms with van der Waals surface area (Å²) in [5, 5.41) is 33.0. The van der Waals surface area contributed by atoms with E-state index >= 15 is 0 Å². The number of carbonyl (C=O) groups is 1. The average molecular weight is 700 g/mol. The molecule has 0 rings (SSSR count). The molecule has 0 aromatic carbocycles.